The van der Waals surface area contributed by atoms with Crippen molar-refractivity contribution in [1.82, 2.24) is 10.2 Å². The molecule has 2 aliphatic rings. The summed E-state index contributed by atoms with van der Waals surface area (Å²) in [6, 6.07) is 0. The van der Waals surface area contributed by atoms with Gasteiger partial charge in [-0.2, -0.15) is 0 Å². The SMILES string of the molecule is CNCC1(C)C=NC(C(=O)C2CCN(CC(C)C)CC2)=CC1. The Hall–Kier alpha value is -1.00. The van der Waals surface area contributed by atoms with Gasteiger partial charge in [0.1, 0.15) is 5.70 Å². The summed E-state index contributed by atoms with van der Waals surface area (Å²) in [6.07, 6.45) is 6.85. The number of hydrogen-bond acceptors (Lipinski definition) is 4. The van der Waals surface area contributed by atoms with Crippen LogP contribution in [0.25, 0.3) is 0 Å². The molecule has 0 aromatic carbocycles. The molecule has 4 heteroatoms. The summed E-state index contributed by atoms with van der Waals surface area (Å²) in [5.41, 5.74) is 0.731. The molecule has 1 atom stereocenters. The van der Waals surface area contributed by atoms with Crippen molar-refractivity contribution in [3.8, 4) is 0 Å². The maximum atomic E-state index is 12.6. The van der Waals surface area contributed by atoms with Crippen molar-refractivity contribution in [3.63, 3.8) is 0 Å². The van der Waals surface area contributed by atoms with E-state index >= 15 is 0 Å². The van der Waals surface area contributed by atoms with Gasteiger partial charge in [0, 0.05) is 30.6 Å². The zero-order valence-electron chi connectivity index (χ0n) is 14.6. The highest BCUT2D eigenvalue weighted by Crippen LogP contribution is 2.28. The molecule has 0 aromatic rings. The van der Waals surface area contributed by atoms with Crippen molar-refractivity contribution in [2.45, 2.75) is 40.0 Å². The zero-order valence-corrected chi connectivity index (χ0v) is 14.6. The Morgan fingerprint density at radius 2 is 2.14 bits per heavy atom. The number of Topliss-reactive ketones (excluding diaryl/α,β-unsaturated/α-hetero) is 1. The number of aliphatic imine (C=N–C) groups is 1. The highest BCUT2D eigenvalue weighted by atomic mass is 16.1. The van der Waals surface area contributed by atoms with Gasteiger partial charge in [0.25, 0.3) is 0 Å². The molecule has 0 aliphatic carbocycles. The third kappa shape index (κ3) is 4.50. The van der Waals surface area contributed by atoms with Gasteiger partial charge in [-0.25, -0.2) is 0 Å². The van der Waals surface area contributed by atoms with Gasteiger partial charge in [-0.3, -0.25) is 9.79 Å². The predicted octanol–water partition coefficient (Wildman–Crippen LogP) is 2.51. The smallest absolute Gasteiger partial charge is 0.183 e. The van der Waals surface area contributed by atoms with E-state index in [0.29, 0.717) is 11.6 Å². The molecule has 2 aliphatic heterocycles. The molecule has 2 heterocycles. The minimum absolute atomic E-state index is 0.0408. The van der Waals surface area contributed by atoms with Crippen molar-refractivity contribution < 1.29 is 4.79 Å². The fourth-order valence-electron chi connectivity index (χ4n) is 3.45. The molecular formula is C18H31N3O. The first-order valence-electron chi connectivity index (χ1n) is 8.60. The van der Waals surface area contributed by atoms with Crippen LogP contribution in [0, 0.1) is 17.3 Å². The maximum absolute atomic E-state index is 12.6. The molecule has 124 valence electrons. The normalized spacial score (nSPS) is 27.2. The van der Waals surface area contributed by atoms with E-state index in [1.165, 1.54) is 0 Å². The summed E-state index contributed by atoms with van der Waals surface area (Å²) >= 11 is 0. The molecule has 0 amide bonds. The Balaban J connectivity index is 1.86. The van der Waals surface area contributed by atoms with Gasteiger partial charge in [-0.05, 0) is 45.3 Å². The third-order valence-electron chi connectivity index (χ3n) is 4.69. The van der Waals surface area contributed by atoms with Gasteiger partial charge in [-0.15, -0.1) is 0 Å². The van der Waals surface area contributed by atoms with Gasteiger partial charge >= 0.3 is 0 Å². The van der Waals surface area contributed by atoms with Crippen LogP contribution >= 0.6 is 0 Å². The number of carbonyl (C=O) groups is 1. The van der Waals surface area contributed by atoms with Gasteiger partial charge in [0.2, 0.25) is 0 Å². The zero-order chi connectivity index (χ0) is 16.2. The number of nitrogens with zero attached hydrogens (tertiary/aromatic N) is 2. The third-order valence-corrected chi connectivity index (χ3v) is 4.69. The summed E-state index contributed by atoms with van der Waals surface area (Å²) in [4.78, 5) is 19.6. The molecule has 2 rings (SSSR count). The van der Waals surface area contributed by atoms with Crippen molar-refractivity contribution >= 4 is 12.0 Å². The molecule has 22 heavy (non-hydrogen) atoms. The Bertz CT molecular complexity index is 447. The van der Waals surface area contributed by atoms with E-state index in [1.807, 2.05) is 19.3 Å². The molecule has 0 spiro atoms. The molecule has 1 unspecified atom stereocenters. The first-order valence-corrected chi connectivity index (χ1v) is 8.60. The average Bonchev–Trinajstić information content (AvgIpc) is 2.47. The minimum Gasteiger partial charge on any atom is -0.319 e. The summed E-state index contributed by atoms with van der Waals surface area (Å²) in [5.74, 6) is 1.12. The predicted molar refractivity (Wildman–Crippen MR) is 92.2 cm³/mol. The molecule has 0 bridgehead atoms. The summed E-state index contributed by atoms with van der Waals surface area (Å²) in [7, 11) is 1.95. The van der Waals surface area contributed by atoms with E-state index in [1.54, 1.807) is 0 Å². The number of allylic oxidation sites excluding steroid dienone is 2. The first kappa shape index (κ1) is 17.4. The van der Waals surface area contributed by atoms with Crippen molar-refractivity contribution in [1.29, 1.82) is 0 Å². The second kappa shape index (κ2) is 7.51. The fraction of sp³-hybridized carbons (Fsp3) is 0.778. The molecule has 1 saturated heterocycles. The molecule has 1 N–H and O–H groups in total. The van der Waals surface area contributed by atoms with Crippen LogP contribution in [0.3, 0.4) is 0 Å². The number of nitrogens with one attached hydrogen (secondary N) is 1. The average molecular weight is 305 g/mol. The number of ketones is 1. The Kier molecular flexibility index (Phi) is 5.93. The number of piperidine rings is 1. The quantitative estimate of drug-likeness (QED) is 0.820. The standard InChI is InChI=1S/C18H31N3O/c1-14(2)11-21-9-6-15(7-10-21)17(22)16-5-8-18(3,12-19-4)13-20-16/h5,13-15,19H,6-12H2,1-4H3. The molecular weight excluding hydrogens is 274 g/mol. The van der Waals surface area contributed by atoms with Crippen LogP contribution in [0.5, 0.6) is 0 Å². The molecule has 0 radical (unpaired) electrons. The highest BCUT2D eigenvalue weighted by Gasteiger charge is 2.30. The topological polar surface area (TPSA) is 44.7 Å². The number of rotatable bonds is 6. The van der Waals surface area contributed by atoms with Gasteiger partial charge in [0.05, 0.1) is 0 Å². The first-order chi connectivity index (χ1) is 10.4. The van der Waals surface area contributed by atoms with Gasteiger partial charge < -0.3 is 10.2 Å². The Morgan fingerprint density at radius 1 is 1.45 bits per heavy atom. The van der Waals surface area contributed by atoms with E-state index in [-0.39, 0.29) is 17.1 Å². The Labute approximate surface area is 135 Å². The Morgan fingerprint density at radius 3 is 2.64 bits per heavy atom. The van der Waals surface area contributed by atoms with E-state index < -0.39 is 0 Å². The summed E-state index contributed by atoms with van der Waals surface area (Å²) < 4.78 is 0. The largest absolute Gasteiger partial charge is 0.319 e. The molecule has 0 saturated carbocycles. The molecule has 1 fully saturated rings. The summed E-state index contributed by atoms with van der Waals surface area (Å²) in [6.45, 7) is 10.8. The number of hydrogen-bond donors (Lipinski definition) is 1. The van der Waals surface area contributed by atoms with E-state index in [0.717, 1.165) is 45.4 Å². The highest BCUT2D eigenvalue weighted by molar-refractivity contribution is 5.99. The lowest BCUT2D eigenvalue weighted by atomic mass is 9.84. The molecule has 0 aromatic heterocycles. The molecule has 4 nitrogen and oxygen atoms in total. The lowest BCUT2D eigenvalue weighted by molar-refractivity contribution is -0.120. The number of carbonyl (C=O) groups excluding carboxylic acids is 1. The van der Waals surface area contributed by atoms with E-state index in [9.17, 15) is 4.79 Å². The van der Waals surface area contributed by atoms with Crippen LogP contribution in [0.15, 0.2) is 16.8 Å². The van der Waals surface area contributed by atoms with Crippen LogP contribution < -0.4 is 5.32 Å². The van der Waals surface area contributed by atoms with Gasteiger partial charge in [0.15, 0.2) is 5.78 Å². The van der Waals surface area contributed by atoms with Crippen LogP contribution in [0.4, 0.5) is 0 Å². The van der Waals surface area contributed by atoms with Gasteiger partial charge in [-0.1, -0.05) is 26.8 Å². The van der Waals surface area contributed by atoms with Crippen LogP contribution in [0.1, 0.15) is 40.0 Å². The minimum atomic E-state index is 0.0408. The fourth-order valence-corrected chi connectivity index (χ4v) is 3.45. The van der Waals surface area contributed by atoms with Crippen molar-refractivity contribution in [2.75, 3.05) is 33.2 Å². The monoisotopic (exact) mass is 305 g/mol. The van der Waals surface area contributed by atoms with Crippen LogP contribution in [-0.4, -0.2) is 50.1 Å². The second-order valence-corrected chi connectivity index (χ2v) is 7.57. The van der Waals surface area contributed by atoms with E-state index in [2.05, 4.69) is 36.0 Å². The summed E-state index contributed by atoms with van der Waals surface area (Å²) in [5, 5.41) is 3.19. The van der Waals surface area contributed by atoms with Crippen LogP contribution in [-0.2, 0) is 4.79 Å². The second-order valence-electron chi connectivity index (χ2n) is 7.57. The lowest BCUT2D eigenvalue weighted by Gasteiger charge is -2.33. The lowest BCUT2D eigenvalue weighted by Crippen LogP contribution is -2.39. The number of likely N-dealkylation sites (tertiary alicyclic amines) is 1. The maximum Gasteiger partial charge on any atom is 0.183 e. The van der Waals surface area contributed by atoms with Crippen molar-refractivity contribution in [3.05, 3.63) is 11.8 Å². The van der Waals surface area contributed by atoms with E-state index in [4.69, 9.17) is 0 Å². The van der Waals surface area contributed by atoms with Crippen LogP contribution in [0.2, 0.25) is 0 Å². The van der Waals surface area contributed by atoms with Crippen molar-refractivity contribution in [2.24, 2.45) is 22.2 Å².